The van der Waals surface area contributed by atoms with Gasteiger partial charge in [0.15, 0.2) is 12.6 Å². The number of piperidine rings is 1. The number of rotatable bonds is 6. The van der Waals surface area contributed by atoms with E-state index in [2.05, 4.69) is 29.3 Å². The molecular weight excluding hydrogens is 394 g/mol. The molecule has 9 heteroatoms. The van der Waals surface area contributed by atoms with Gasteiger partial charge in [-0.15, -0.1) is 15.0 Å². The quantitative estimate of drug-likeness (QED) is 0.668. The number of hydrogen-bond donors (Lipinski definition) is 0. The number of halogens is 1. The van der Waals surface area contributed by atoms with Crippen LogP contribution in [-0.4, -0.2) is 56.7 Å². The molecule has 0 saturated carbocycles. The molecule has 29 heavy (non-hydrogen) atoms. The monoisotopic (exact) mass is 419 g/mol. The van der Waals surface area contributed by atoms with Crippen molar-refractivity contribution >= 4 is 23.5 Å². The smallest absolute Gasteiger partial charge is 0.333 e. The van der Waals surface area contributed by atoms with Gasteiger partial charge in [-0.05, 0) is 54.2 Å². The summed E-state index contributed by atoms with van der Waals surface area (Å²) < 4.78 is 5.29. The van der Waals surface area contributed by atoms with Gasteiger partial charge in [-0.25, -0.2) is 4.79 Å². The highest BCUT2D eigenvalue weighted by Crippen LogP contribution is 2.21. The first-order chi connectivity index (χ1) is 13.9. The van der Waals surface area contributed by atoms with E-state index in [-0.39, 0.29) is 12.5 Å². The van der Waals surface area contributed by atoms with E-state index in [0.29, 0.717) is 42.2 Å². The Hall–Kier alpha value is -2.48. The number of benzene rings is 1. The van der Waals surface area contributed by atoms with Gasteiger partial charge in [0, 0.05) is 23.7 Å². The van der Waals surface area contributed by atoms with Gasteiger partial charge in [0.05, 0.1) is 0 Å². The molecular formula is C20H26ClN5O3. The number of carbonyl (C=O) groups excluding carboxylic acids is 2. The maximum atomic E-state index is 12.5. The number of carbonyl (C=O) groups is 2. The minimum Gasteiger partial charge on any atom is -0.454 e. The summed E-state index contributed by atoms with van der Waals surface area (Å²) in [5.74, 6) is 0.583. The van der Waals surface area contributed by atoms with E-state index < -0.39 is 12.0 Å². The Morgan fingerprint density at radius 3 is 2.48 bits per heavy atom. The van der Waals surface area contributed by atoms with Gasteiger partial charge in [-0.1, -0.05) is 32.4 Å². The van der Waals surface area contributed by atoms with Crippen LogP contribution in [-0.2, 0) is 14.3 Å². The van der Waals surface area contributed by atoms with Gasteiger partial charge in [0.25, 0.3) is 5.91 Å². The summed E-state index contributed by atoms with van der Waals surface area (Å²) in [6.45, 7) is 7.22. The van der Waals surface area contributed by atoms with Gasteiger partial charge in [0.2, 0.25) is 5.82 Å². The molecule has 156 valence electrons. The van der Waals surface area contributed by atoms with E-state index in [1.54, 1.807) is 29.2 Å². The van der Waals surface area contributed by atoms with E-state index in [4.69, 9.17) is 16.3 Å². The first-order valence-electron chi connectivity index (χ1n) is 9.87. The van der Waals surface area contributed by atoms with Crippen LogP contribution >= 0.6 is 11.6 Å². The Labute approximate surface area is 175 Å². The number of esters is 1. The maximum Gasteiger partial charge on any atom is 0.333 e. The van der Waals surface area contributed by atoms with Crippen LogP contribution in [0.25, 0.3) is 11.4 Å². The van der Waals surface area contributed by atoms with E-state index in [0.717, 1.165) is 12.0 Å². The molecule has 1 fully saturated rings. The fraction of sp³-hybridized carbons (Fsp3) is 0.550. The van der Waals surface area contributed by atoms with Crippen LogP contribution in [0.15, 0.2) is 24.3 Å². The van der Waals surface area contributed by atoms with Gasteiger partial charge < -0.3 is 9.64 Å². The second kappa shape index (κ2) is 9.35. The predicted octanol–water partition coefficient (Wildman–Crippen LogP) is 2.99. The van der Waals surface area contributed by atoms with Gasteiger partial charge in [-0.2, -0.15) is 0 Å². The fourth-order valence-electron chi connectivity index (χ4n) is 3.68. The summed E-state index contributed by atoms with van der Waals surface area (Å²) in [4.78, 5) is 28.0. The Kier molecular flexibility index (Phi) is 6.84. The summed E-state index contributed by atoms with van der Waals surface area (Å²) in [5, 5.41) is 12.9. The molecule has 1 amide bonds. The van der Waals surface area contributed by atoms with E-state index >= 15 is 0 Å². The van der Waals surface area contributed by atoms with Crippen molar-refractivity contribution in [2.45, 2.75) is 39.7 Å². The number of aromatic nitrogens is 4. The molecule has 1 aromatic heterocycles. The van der Waals surface area contributed by atoms with Crippen molar-refractivity contribution in [2.24, 2.45) is 11.8 Å². The average Bonchev–Trinajstić information content (AvgIpc) is 3.16. The summed E-state index contributed by atoms with van der Waals surface area (Å²) >= 11 is 5.90. The number of hydrogen-bond acceptors (Lipinski definition) is 6. The molecule has 2 aromatic rings. The summed E-state index contributed by atoms with van der Waals surface area (Å²) in [5.41, 5.74) is 0.743. The molecule has 0 radical (unpaired) electrons. The highest BCUT2D eigenvalue weighted by Gasteiger charge is 2.28. The molecule has 0 bridgehead atoms. The lowest BCUT2D eigenvalue weighted by atomic mass is 9.92. The van der Waals surface area contributed by atoms with Crippen LogP contribution in [0, 0.1) is 11.8 Å². The molecule has 1 aromatic carbocycles. The van der Waals surface area contributed by atoms with Crippen molar-refractivity contribution in [3.05, 3.63) is 29.3 Å². The van der Waals surface area contributed by atoms with E-state index in [1.807, 2.05) is 6.92 Å². The second-order valence-electron chi connectivity index (χ2n) is 7.72. The molecule has 8 nitrogen and oxygen atoms in total. The van der Waals surface area contributed by atoms with Crippen LogP contribution in [0.4, 0.5) is 0 Å². The zero-order valence-electron chi connectivity index (χ0n) is 16.9. The van der Waals surface area contributed by atoms with Crippen LogP contribution in [0.3, 0.4) is 0 Å². The second-order valence-corrected chi connectivity index (χ2v) is 8.15. The number of amides is 1. The number of tetrazole rings is 1. The van der Waals surface area contributed by atoms with Crippen LogP contribution in [0.2, 0.25) is 5.02 Å². The first kappa shape index (κ1) is 21.2. The van der Waals surface area contributed by atoms with Crippen LogP contribution in [0.5, 0.6) is 0 Å². The summed E-state index contributed by atoms with van der Waals surface area (Å²) in [6, 6.07) is 6.29. The molecule has 0 N–H and O–H groups in total. The zero-order valence-corrected chi connectivity index (χ0v) is 17.7. The first-order valence-corrected chi connectivity index (χ1v) is 10.2. The van der Waals surface area contributed by atoms with Gasteiger partial charge >= 0.3 is 5.97 Å². The average molecular weight is 420 g/mol. The van der Waals surface area contributed by atoms with Crippen molar-refractivity contribution < 1.29 is 14.3 Å². The molecule has 3 atom stereocenters. The highest BCUT2D eigenvalue weighted by molar-refractivity contribution is 6.30. The standard InChI is InChI=1S/C20H26ClN5O3/c1-4-17(26-23-19(22-24-26)15-5-7-16(21)8-6-15)20(28)29-12-18(27)25-10-13(2)9-14(3)11-25/h5-8,13-14,17H,4,9-12H2,1-3H3. The number of ether oxygens (including phenoxy) is 1. The molecule has 3 rings (SSSR count). The fourth-order valence-corrected chi connectivity index (χ4v) is 3.81. The lowest BCUT2D eigenvalue weighted by Crippen LogP contribution is -2.44. The number of nitrogens with zero attached hydrogens (tertiary/aromatic N) is 5. The van der Waals surface area contributed by atoms with Crippen molar-refractivity contribution in [3.8, 4) is 11.4 Å². The highest BCUT2D eigenvalue weighted by atomic mass is 35.5. The molecule has 1 aliphatic heterocycles. The van der Waals surface area contributed by atoms with Crippen molar-refractivity contribution in [1.29, 1.82) is 0 Å². The minimum atomic E-state index is -0.740. The van der Waals surface area contributed by atoms with Gasteiger partial charge in [-0.3, -0.25) is 4.79 Å². The Morgan fingerprint density at radius 1 is 1.21 bits per heavy atom. The molecule has 1 aliphatic rings. The third-order valence-electron chi connectivity index (χ3n) is 5.03. The molecule has 1 saturated heterocycles. The Balaban J connectivity index is 1.60. The maximum absolute atomic E-state index is 12.5. The normalized spacial score (nSPS) is 20.3. The van der Waals surface area contributed by atoms with Crippen LogP contribution in [0.1, 0.15) is 39.7 Å². The predicted molar refractivity (Wildman–Crippen MR) is 108 cm³/mol. The molecule has 0 aliphatic carbocycles. The molecule has 2 heterocycles. The summed E-state index contributed by atoms with van der Waals surface area (Å²) in [6.07, 6.45) is 1.52. The van der Waals surface area contributed by atoms with Crippen molar-refractivity contribution in [3.63, 3.8) is 0 Å². The largest absolute Gasteiger partial charge is 0.454 e. The van der Waals surface area contributed by atoms with Crippen LogP contribution < -0.4 is 0 Å². The van der Waals surface area contributed by atoms with Crippen molar-refractivity contribution in [2.75, 3.05) is 19.7 Å². The lowest BCUT2D eigenvalue weighted by molar-refractivity contribution is -0.156. The Bertz CT molecular complexity index is 844. The lowest BCUT2D eigenvalue weighted by Gasteiger charge is -2.34. The van der Waals surface area contributed by atoms with E-state index in [9.17, 15) is 9.59 Å². The van der Waals surface area contributed by atoms with Gasteiger partial charge in [0.1, 0.15) is 0 Å². The zero-order chi connectivity index (χ0) is 21.0. The summed E-state index contributed by atoms with van der Waals surface area (Å²) in [7, 11) is 0. The topological polar surface area (TPSA) is 90.2 Å². The van der Waals surface area contributed by atoms with E-state index in [1.165, 1.54) is 4.80 Å². The molecule has 0 spiro atoms. The number of likely N-dealkylation sites (tertiary alicyclic amines) is 1. The minimum absolute atomic E-state index is 0.167. The van der Waals surface area contributed by atoms with Crippen molar-refractivity contribution in [1.82, 2.24) is 25.1 Å². The Morgan fingerprint density at radius 2 is 1.86 bits per heavy atom. The SMILES string of the molecule is CCC(C(=O)OCC(=O)N1CC(C)CC(C)C1)n1nnc(-c2ccc(Cl)cc2)n1. The third kappa shape index (κ3) is 5.32. The molecule has 3 unspecified atom stereocenters. The third-order valence-corrected chi connectivity index (χ3v) is 5.28.